The second-order valence-electron chi connectivity index (χ2n) is 7.14. The highest BCUT2D eigenvalue weighted by molar-refractivity contribution is 5.95. The lowest BCUT2D eigenvalue weighted by Gasteiger charge is -2.16. The molecule has 1 amide bonds. The van der Waals surface area contributed by atoms with Crippen LogP contribution in [-0.4, -0.2) is 42.8 Å². The maximum Gasteiger partial charge on any atom is 0.305 e. The topological polar surface area (TPSA) is 96.5 Å². The molecule has 7 heteroatoms. The van der Waals surface area contributed by atoms with E-state index in [0.717, 1.165) is 23.1 Å². The summed E-state index contributed by atoms with van der Waals surface area (Å²) in [5, 5.41) is 7.45. The average molecular weight is 416 g/mol. The zero-order valence-electron chi connectivity index (χ0n) is 16.4. The molecule has 1 heterocycles. The number of amidine groups is 1. The average Bonchev–Trinajstić information content (AvgIpc) is 3.17. The van der Waals surface area contributed by atoms with Crippen LogP contribution in [0.3, 0.4) is 0 Å². The number of hydrogen-bond donors (Lipinski definition) is 2. The number of amides is 1. The third kappa shape index (κ3) is 5.81. The van der Waals surface area contributed by atoms with Crippen molar-refractivity contribution in [1.29, 1.82) is 5.41 Å². The van der Waals surface area contributed by atoms with Gasteiger partial charge in [0.05, 0.1) is 20.0 Å². The van der Waals surface area contributed by atoms with Crippen molar-refractivity contribution in [2.45, 2.75) is 19.3 Å². The lowest BCUT2D eigenvalue weighted by Crippen LogP contribution is -2.30. The number of nitrogens with two attached hydrogens (primary N) is 1. The van der Waals surface area contributed by atoms with Gasteiger partial charge in [-0.2, -0.15) is 0 Å². The van der Waals surface area contributed by atoms with Crippen LogP contribution in [0.25, 0.3) is 11.1 Å². The molecule has 3 rings (SSSR count). The largest absolute Gasteiger partial charge is 0.469 e. The summed E-state index contributed by atoms with van der Waals surface area (Å²) < 4.78 is 4.71. The molecular weight excluding hydrogens is 390 g/mol. The first kappa shape index (κ1) is 22.4. The van der Waals surface area contributed by atoms with Gasteiger partial charge in [-0.3, -0.25) is 15.0 Å². The van der Waals surface area contributed by atoms with Gasteiger partial charge in [-0.1, -0.05) is 48.5 Å². The van der Waals surface area contributed by atoms with E-state index >= 15 is 0 Å². The van der Waals surface area contributed by atoms with E-state index in [1.54, 1.807) is 0 Å². The summed E-state index contributed by atoms with van der Waals surface area (Å²) in [6.07, 6.45) is 1.57. The zero-order chi connectivity index (χ0) is 20.1. The summed E-state index contributed by atoms with van der Waals surface area (Å²) in [6.45, 7) is 1.32. The van der Waals surface area contributed by atoms with Crippen molar-refractivity contribution >= 4 is 30.1 Å². The quantitative estimate of drug-likeness (QED) is 0.430. The Labute approximate surface area is 177 Å². The molecule has 1 aliphatic heterocycles. The van der Waals surface area contributed by atoms with Crippen LogP contribution in [-0.2, 0) is 20.7 Å². The minimum atomic E-state index is -0.216. The van der Waals surface area contributed by atoms with Gasteiger partial charge in [0.1, 0.15) is 5.84 Å². The van der Waals surface area contributed by atoms with Crippen LogP contribution in [0, 0.1) is 11.3 Å². The number of nitrogens with zero attached hydrogens (tertiary/aromatic N) is 1. The summed E-state index contributed by atoms with van der Waals surface area (Å²) in [4.78, 5) is 25.8. The Balaban J connectivity index is 0.00000300. The first-order valence-corrected chi connectivity index (χ1v) is 9.34. The van der Waals surface area contributed by atoms with Gasteiger partial charge in [-0.15, -0.1) is 12.4 Å². The Hall–Kier alpha value is -2.86. The molecule has 2 aromatic carbocycles. The number of nitrogen functional groups attached to an aromatic ring is 1. The Morgan fingerprint density at radius 1 is 1.10 bits per heavy atom. The molecule has 6 nitrogen and oxygen atoms in total. The van der Waals surface area contributed by atoms with Gasteiger partial charge in [0, 0.05) is 18.7 Å². The number of ether oxygens (including phenoxy) is 1. The molecule has 1 aliphatic rings. The van der Waals surface area contributed by atoms with Gasteiger partial charge < -0.3 is 15.4 Å². The van der Waals surface area contributed by atoms with Crippen LogP contribution < -0.4 is 5.73 Å². The number of esters is 1. The van der Waals surface area contributed by atoms with Crippen LogP contribution in [0.2, 0.25) is 0 Å². The number of halogens is 1. The molecule has 0 saturated carbocycles. The van der Waals surface area contributed by atoms with Crippen molar-refractivity contribution in [3.8, 4) is 11.1 Å². The van der Waals surface area contributed by atoms with Crippen LogP contribution in [0.15, 0.2) is 48.5 Å². The van der Waals surface area contributed by atoms with Crippen molar-refractivity contribution in [3.05, 3.63) is 59.7 Å². The second-order valence-corrected chi connectivity index (χ2v) is 7.14. The number of benzene rings is 2. The van der Waals surface area contributed by atoms with E-state index in [9.17, 15) is 9.59 Å². The maximum atomic E-state index is 12.5. The minimum absolute atomic E-state index is 0. The van der Waals surface area contributed by atoms with E-state index in [1.807, 2.05) is 53.4 Å². The fourth-order valence-electron chi connectivity index (χ4n) is 3.49. The Bertz CT molecular complexity index is 866. The molecule has 2 aromatic rings. The monoisotopic (exact) mass is 415 g/mol. The molecule has 1 unspecified atom stereocenters. The summed E-state index contributed by atoms with van der Waals surface area (Å²) in [5.41, 5.74) is 9.23. The normalized spacial score (nSPS) is 15.5. The fraction of sp³-hybridized carbons (Fsp3) is 0.318. The highest BCUT2D eigenvalue weighted by atomic mass is 35.5. The minimum Gasteiger partial charge on any atom is -0.469 e. The number of carbonyl (C=O) groups excluding carboxylic acids is 2. The van der Waals surface area contributed by atoms with Gasteiger partial charge in [0.2, 0.25) is 5.91 Å². The third-order valence-electron chi connectivity index (χ3n) is 5.16. The zero-order valence-corrected chi connectivity index (χ0v) is 17.2. The first-order chi connectivity index (χ1) is 13.5. The Kier molecular flexibility index (Phi) is 7.79. The van der Waals surface area contributed by atoms with Crippen LogP contribution >= 0.6 is 12.4 Å². The van der Waals surface area contributed by atoms with Gasteiger partial charge in [-0.25, -0.2) is 0 Å². The highest BCUT2D eigenvalue weighted by Crippen LogP contribution is 2.23. The van der Waals surface area contributed by atoms with Crippen molar-refractivity contribution in [1.82, 2.24) is 4.90 Å². The lowest BCUT2D eigenvalue weighted by atomic mass is 10.0. The number of methoxy groups -OCH3 is 1. The molecule has 1 fully saturated rings. The first-order valence-electron chi connectivity index (χ1n) is 9.34. The van der Waals surface area contributed by atoms with Crippen LogP contribution in [0.1, 0.15) is 24.0 Å². The maximum absolute atomic E-state index is 12.5. The van der Waals surface area contributed by atoms with E-state index in [1.165, 1.54) is 7.11 Å². The summed E-state index contributed by atoms with van der Waals surface area (Å²) in [7, 11) is 1.39. The van der Waals surface area contributed by atoms with E-state index in [4.69, 9.17) is 15.9 Å². The molecule has 0 aromatic heterocycles. The van der Waals surface area contributed by atoms with Crippen molar-refractivity contribution in [3.63, 3.8) is 0 Å². The van der Waals surface area contributed by atoms with Crippen molar-refractivity contribution < 1.29 is 14.3 Å². The van der Waals surface area contributed by atoms with Crippen molar-refractivity contribution in [2.75, 3.05) is 20.2 Å². The number of hydrogen-bond acceptors (Lipinski definition) is 4. The summed E-state index contributed by atoms with van der Waals surface area (Å²) in [6, 6.07) is 15.4. The molecule has 1 saturated heterocycles. The van der Waals surface area contributed by atoms with Gasteiger partial charge >= 0.3 is 5.97 Å². The molecule has 0 bridgehead atoms. The van der Waals surface area contributed by atoms with Gasteiger partial charge in [0.25, 0.3) is 0 Å². The molecule has 154 valence electrons. The molecule has 0 aliphatic carbocycles. The van der Waals surface area contributed by atoms with E-state index < -0.39 is 0 Å². The van der Waals surface area contributed by atoms with Gasteiger partial charge in [0.15, 0.2) is 0 Å². The predicted octanol–water partition coefficient (Wildman–Crippen LogP) is 3.01. The molecule has 29 heavy (non-hydrogen) atoms. The number of nitrogens with one attached hydrogen (secondary N) is 1. The Morgan fingerprint density at radius 3 is 2.24 bits per heavy atom. The number of rotatable bonds is 6. The molecule has 3 N–H and O–H groups in total. The Morgan fingerprint density at radius 2 is 1.69 bits per heavy atom. The smallest absolute Gasteiger partial charge is 0.305 e. The predicted molar refractivity (Wildman–Crippen MR) is 115 cm³/mol. The molecular formula is C22H26ClN3O3. The number of carbonyl (C=O) groups is 2. The molecule has 1 atom stereocenters. The standard InChI is InChI=1S/C22H25N3O3.ClH/c1-28-21(27)13-16-10-11-25(14-16)20(26)12-15-2-4-17(5-3-15)18-6-8-19(9-7-18)22(23)24;/h2-9,16H,10-14H2,1H3,(H3,23,24);1H. The second kappa shape index (κ2) is 10.1. The molecule has 0 spiro atoms. The van der Waals surface area contributed by atoms with Crippen LogP contribution in [0.4, 0.5) is 0 Å². The van der Waals surface area contributed by atoms with E-state index in [2.05, 4.69) is 0 Å². The summed E-state index contributed by atoms with van der Waals surface area (Å²) >= 11 is 0. The van der Waals surface area contributed by atoms with Gasteiger partial charge in [-0.05, 0) is 29.0 Å². The van der Waals surface area contributed by atoms with Crippen molar-refractivity contribution in [2.24, 2.45) is 11.7 Å². The van der Waals surface area contributed by atoms with Crippen LogP contribution in [0.5, 0.6) is 0 Å². The summed E-state index contributed by atoms with van der Waals surface area (Å²) in [5.74, 6) is 0.116. The SMILES string of the molecule is COC(=O)CC1CCN(C(=O)Cc2ccc(-c3ccc(C(=N)N)cc3)cc2)C1.Cl. The van der Waals surface area contributed by atoms with E-state index in [-0.39, 0.29) is 36.0 Å². The van der Waals surface area contributed by atoms with E-state index in [0.29, 0.717) is 31.5 Å². The fourth-order valence-corrected chi connectivity index (χ4v) is 3.49. The highest BCUT2D eigenvalue weighted by Gasteiger charge is 2.27. The lowest BCUT2D eigenvalue weighted by molar-refractivity contribution is -0.142. The molecule has 0 radical (unpaired) electrons. The number of likely N-dealkylation sites (tertiary alicyclic amines) is 1. The third-order valence-corrected chi connectivity index (χ3v) is 5.16.